The molecule has 8 heteroatoms. The van der Waals surface area contributed by atoms with E-state index in [1.807, 2.05) is 18.0 Å². The number of rotatable bonds is 2. The third-order valence-electron chi connectivity index (χ3n) is 5.69. The second-order valence-corrected chi connectivity index (χ2v) is 7.43. The molecule has 2 aliphatic rings. The molecule has 28 heavy (non-hydrogen) atoms. The number of urea groups is 1. The van der Waals surface area contributed by atoms with Gasteiger partial charge in [0, 0.05) is 24.8 Å². The van der Waals surface area contributed by atoms with Crippen LogP contribution in [0.5, 0.6) is 0 Å². The number of amides is 2. The number of benzene rings is 1. The van der Waals surface area contributed by atoms with Crippen LogP contribution in [0.1, 0.15) is 29.2 Å². The molecule has 2 aliphatic heterocycles. The first-order valence-electron chi connectivity index (χ1n) is 9.34. The minimum absolute atomic E-state index is 0.171. The van der Waals surface area contributed by atoms with Crippen LogP contribution in [0.3, 0.4) is 0 Å². The number of nitrogens with one attached hydrogen (secondary N) is 2. The number of aromatic amines is 1. The quantitative estimate of drug-likeness (QED) is 0.829. The highest BCUT2D eigenvalue weighted by molar-refractivity contribution is 5.75. The standard InChI is InChI=1S/C20H22F2N4O2/c1-25-8-6-17(18(25)13-2-3-15(21)16(22)10-13)24-20(28)26-9-5-12-4-7-23-19(27)14(12)11-26/h2-4,7,10,17-18H,5-6,8-9,11H2,1H3,(H,23,27)(H,24,28)/t17-,18+/m0/s1. The number of hydrogen-bond acceptors (Lipinski definition) is 3. The van der Waals surface area contributed by atoms with Gasteiger partial charge in [-0.3, -0.25) is 9.69 Å². The molecule has 1 aromatic carbocycles. The third kappa shape index (κ3) is 3.40. The van der Waals surface area contributed by atoms with E-state index in [0.717, 1.165) is 18.2 Å². The predicted molar refractivity (Wildman–Crippen MR) is 99.8 cm³/mol. The Morgan fingerprint density at radius 3 is 2.82 bits per heavy atom. The summed E-state index contributed by atoms with van der Waals surface area (Å²) < 4.78 is 27.0. The fourth-order valence-corrected chi connectivity index (χ4v) is 4.19. The Kier molecular flexibility index (Phi) is 4.89. The maximum atomic E-state index is 13.7. The molecule has 2 amide bonds. The summed E-state index contributed by atoms with van der Waals surface area (Å²) in [5.41, 5.74) is 2.04. The van der Waals surface area contributed by atoms with Crippen molar-refractivity contribution in [1.82, 2.24) is 20.1 Å². The summed E-state index contributed by atoms with van der Waals surface area (Å²) in [5.74, 6) is -1.78. The van der Waals surface area contributed by atoms with Crippen LogP contribution in [0.15, 0.2) is 35.3 Å². The van der Waals surface area contributed by atoms with Crippen molar-refractivity contribution in [2.75, 3.05) is 20.1 Å². The molecule has 4 rings (SSSR count). The maximum absolute atomic E-state index is 13.7. The second kappa shape index (κ2) is 7.35. The monoisotopic (exact) mass is 388 g/mol. The molecule has 1 fully saturated rings. The zero-order chi connectivity index (χ0) is 19.8. The van der Waals surface area contributed by atoms with Crippen molar-refractivity contribution >= 4 is 6.03 Å². The summed E-state index contributed by atoms with van der Waals surface area (Å²) in [6.45, 7) is 1.52. The summed E-state index contributed by atoms with van der Waals surface area (Å²) in [6.07, 6.45) is 2.96. The molecule has 0 radical (unpaired) electrons. The van der Waals surface area contributed by atoms with Crippen molar-refractivity contribution in [3.63, 3.8) is 0 Å². The molecule has 0 bridgehead atoms. The van der Waals surface area contributed by atoms with Gasteiger partial charge in [0.15, 0.2) is 11.6 Å². The minimum Gasteiger partial charge on any atom is -0.333 e. The van der Waals surface area contributed by atoms with Crippen molar-refractivity contribution in [1.29, 1.82) is 0 Å². The minimum atomic E-state index is -0.894. The molecule has 0 aliphatic carbocycles. The van der Waals surface area contributed by atoms with Crippen LogP contribution < -0.4 is 10.9 Å². The van der Waals surface area contributed by atoms with Gasteiger partial charge in [-0.1, -0.05) is 6.07 Å². The number of likely N-dealkylation sites (N-methyl/N-ethyl adjacent to an activating group) is 1. The molecule has 0 unspecified atom stereocenters. The van der Waals surface area contributed by atoms with E-state index in [9.17, 15) is 18.4 Å². The van der Waals surface area contributed by atoms with Crippen LogP contribution >= 0.6 is 0 Å². The summed E-state index contributed by atoms with van der Waals surface area (Å²) in [5, 5.41) is 3.03. The number of hydrogen-bond donors (Lipinski definition) is 2. The van der Waals surface area contributed by atoms with Crippen molar-refractivity contribution in [3.05, 3.63) is 69.1 Å². The van der Waals surface area contributed by atoms with E-state index in [0.29, 0.717) is 30.5 Å². The van der Waals surface area contributed by atoms with Crippen molar-refractivity contribution in [2.45, 2.75) is 31.5 Å². The van der Waals surface area contributed by atoms with E-state index < -0.39 is 11.6 Å². The van der Waals surface area contributed by atoms with Gasteiger partial charge < -0.3 is 15.2 Å². The molecule has 1 saturated heterocycles. The maximum Gasteiger partial charge on any atom is 0.317 e. The molecule has 2 N–H and O–H groups in total. The number of aromatic nitrogens is 1. The Labute approximate surface area is 161 Å². The number of nitrogens with zero attached hydrogens (tertiary/aromatic N) is 2. The average molecular weight is 388 g/mol. The summed E-state index contributed by atoms with van der Waals surface area (Å²) in [4.78, 5) is 31.2. The Balaban J connectivity index is 1.50. The first-order valence-corrected chi connectivity index (χ1v) is 9.34. The Bertz CT molecular complexity index is 961. The van der Waals surface area contributed by atoms with E-state index in [4.69, 9.17) is 0 Å². The highest BCUT2D eigenvalue weighted by Gasteiger charge is 2.35. The average Bonchev–Trinajstić information content (AvgIpc) is 3.04. The van der Waals surface area contributed by atoms with Crippen LogP contribution in [0.4, 0.5) is 13.6 Å². The number of H-pyrrole nitrogens is 1. The van der Waals surface area contributed by atoms with Crippen LogP contribution in [0.2, 0.25) is 0 Å². The number of carbonyl (C=O) groups excluding carboxylic acids is 1. The van der Waals surface area contributed by atoms with Crippen LogP contribution in [0.25, 0.3) is 0 Å². The molecular formula is C20H22F2N4O2. The summed E-state index contributed by atoms with van der Waals surface area (Å²) in [7, 11) is 1.90. The zero-order valence-corrected chi connectivity index (χ0v) is 15.5. The topological polar surface area (TPSA) is 68.4 Å². The molecule has 0 spiro atoms. The lowest BCUT2D eigenvalue weighted by molar-refractivity contribution is 0.183. The number of carbonyl (C=O) groups is 1. The lowest BCUT2D eigenvalue weighted by atomic mass is 9.99. The van der Waals surface area contributed by atoms with Gasteiger partial charge in [-0.15, -0.1) is 0 Å². The van der Waals surface area contributed by atoms with Crippen molar-refractivity contribution in [3.8, 4) is 0 Å². The van der Waals surface area contributed by atoms with Crippen LogP contribution in [-0.4, -0.2) is 47.0 Å². The number of fused-ring (bicyclic) bond motifs is 1. The molecule has 3 heterocycles. The Morgan fingerprint density at radius 1 is 1.21 bits per heavy atom. The van der Waals surface area contributed by atoms with E-state index in [1.165, 1.54) is 6.07 Å². The predicted octanol–water partition coefficient (Wildman–Crippen LogP) is 2.17. The van der Waals surface area contributed by atoms with E-state index in [-0.39, 0.29) is 30.2 Å². The van der Waals surface area contributed by atoms with Gasteiger partial charge in [0.05, 0.1) is 18.6 Å². The van der Waals surface area contributed by atoms with Gasteiger partial charge in [0.1, 0.15) is 0 Å². The zero-order valence-electron chi connectivity index (χ0n) is 15.5. The summed E-state index contributed by atoms with van der Waals surface area (Å²) >= 11 is 0. The number of likely N-dealkylation sites (tertiary alicyclic amines) is 1. The van der Waals surface area contributed by atoms with E-state index in [2.05, 4.69) is 10.3 Å². The van der Waals surface area contributed by atoms with Crippen molar-refractivity contribution < 1.29 is 13.6 Å². The molecule has 2 aromatic rings. The molecule has 148 valence electrons. The number of halogens is 2. The fourth-order valence-electron chi connectivity index (χ4n) is 4.19. The third-order valence-corrected chi connectivity index (χ3v) is 5.69. The fraction of sp³-hybridized carbons (Fsp3) is 0.400. The molecule has 6 nitrogen and oxygen atoms in total. The Hall–Kier alpha value is -2.74. The van der Waals surface area contributed by atoms with Gasteiger partial charge in [-0.05, 0) is 49.2 Å². The molecular weight excluding hydrogens is 366 g/mol. The highest BCUT2D eigenvalue weighted by Crippen LogP contribution is 2.32. The largest absolute Gasteiger partial charge is 0.333 e. The van der Waals surface area contributed by atoms with Crippen LogP contribution in [0, 0.1) is 11.6 Å². The number of pyridine rings is 1. The molecule has 2 atom stereocenters. The van der Waals surface area contributed by atoms with Gasteiger partial charge in [-0.2, -0.15) is 0 Å². The Morgan fingerprint density at radius 2 is 2.04 bits per heavy atom. The lowest BCUT2D eigenvalue weighted by Crippen LogP contribution is -2.49. The lowest BCUT2D eigenvalue weighted by Gasteiger charge is -2.31. The first kappa shape index (κ1) is 18.6. The molecule has 0 saturated carbocycles. The molecule has 1 aromatic heterocycles. The SMILES string of the molecule is CN1CC[C@H](NC(=O)N2CCc3cc[nH]c(=O)c3C2)[C@H]1c1ccc(F)c(F)c1. The summed E-state index contributed by atoms with van der Waals surface area (Å²) in [6, 6.07) is 5.03. The van der Waals surface area contributed by atoms with Gasteiger partial charge in [0.2, 0.25) is 0 Å². The normalized spacial score (nSPS) is 22.2. The second-order valence-electron chi connectivity index (χ2n) is 7.43. The van der Waals surface area contributed by atoms with Gasteiger partial charge >= 0.3 is 6.03 Å². The first-order chi connectivity index (χ1) is 13.4. The van der Waals surface area contributed by atoms with Crippen LogP contribution in [-0.2, 0) is 13.0 Å². The van der Waals surface area contributed by atoms with E-state index >= 15 is 0 Å². The van der Waals surface area contributed by atoms with Gasteiger partial charge in [-0.25, -0.2) is 13.6 Å². The van der Waals surface area contributed by atoms with E-state index in [1.54, 1.807) is 17.2 Å². The van der Waals surface area contributed by atoms with Crippen molar-refractivity contribution in [2.24, 2.45) is 0 Å². The smallest absolute Gasteiger partial charge is 0.317 e. The highest BCUT2D eigenvalue weighted by atomic mass is 19.2. The van der Waals surface area contributed by atoms with Gasteiger partial charge in [0.25, 0.3) is 5.56 Å².